The van der Waals surface area contributed by atoms with Crippen LogP contribution in [-0.2, 0) is 0 Å². The highest BCUT2D eigenvalue weighted by molar-refractivity contribution is 5.61. The van der Waals surface area contributed by atoms with E-state index in [-0.39, 0.29) is 0 Å². The van der Waals surface area contributed by atoms with Crippen molar-refractivity contribution in [3.05, 3.63) is 24.7 Å². The Morgan fingerprint density at radius 3 is 1.89 bits per heavy atom. The largest absolute Gasteiger partial charge is 0.473 e. The van der Waals surface area contributed by atoms with Crippen LogP contribution in [0.1, 0.15) is 0 Å². The smallest absolute Gasteiger partial charge is 0.402 e. The molecule has 4 heteroatoms. The fourth-order valence-electron chi connectivity index (χ4n) is 0.227. The highest BCUT2D eigenvalue weighted by Gasteiger charge is 1.65. The van der Waals surface area contributed by atoms with E-state index in [4.69, 9.17) is 9.90 Å². The van der Waals surface area contributed by atoms with Gasteiger partial charge in [-0.15, -0.1) is 0 Å². The lowest BCUT2D eigenvalue weighted by atomic mass is 10.7. The fourth-order valence-corrected chi connectivity index (χ4v) is 0.227. The summed E-state index contributed by atoms with van der Waals surface area (Å²) >= 11 is 0. The molecule has 0 aliphatic carbocycles. The van der Waals surface area contributed by atoms with Crippen molar-refractivity contribution in [2.24, 2.45) is 5.73 Å². The number of hydrogen-bond acceptors (Lipinski definition) is 2. The highest BCUT2D eigenvalue weighted by Crippen LogP contribution is 1.79. The summed E-state index contributed by atoms with van der Waals surface area (Å²) in [4.78, 5) is 8.78. The molecule has 0 fully saturated rings. The van der Waals surface area contributed by atoms with Gasteiger partial charge in [-0.05, 0) is 12.1 Å². The molecule has 0 aromatic carbocycles. The van der Waals surface area contributed by atoms with E-state index in [1.54, 1.807) is 12.5 Å². The second kappa shape index (κ2) is 4.70. The van der Waals surface area contributed by atoms with Crippen LogP contribution in [0.3, 0.4) is 0 Å². The summed E-state index contributed by atoms with van der Waals surface area (Å²) in [6.07, 6.45) is 1.92. The highest BCUT2D eigenvalue weighted by atomic mass is 16.4. The summed E-state index contributed by atoms with van der Waals surface area (Å²) in [5.74, 6) is 0. The van der Waals surface area contributed by atoms with E-state index < -0.39 is 6.09 Å². The number of carboxylic acid groups (broad SMARTS) is 1. The molecule has 0 unspecified atom stereocenters. The van der Waals surface area contributed by atoms with Crippen LogP contribution in [0.4, 0.5) is 4.79 Å². The van der Waals surface area contributed by atoms with Gasteiger partial charge in [-0.3, -0.25) is 0 Å². The van der Waals surface area contributed by atoms with Crippen LogP contribution in [0.5, 0.6) is 0 Å². The van der Waals surface area contributed by atoms with Gasteiger partial charge in [0.15, 0.2) is 0 Å². The summed E-state index contributed by atoms with van der Waals surface area (Å²) in [6, 6.07) is 3.67. The molecule has 0 saturated carbocycles. The number of hydrogen-bond donors (Lipinski definition) is 2. The molecule has 0 radical (unpaired) electrons. The molecular formula is C5H7NO3. The quantitative estimate of drug-likeness (QED) is 0.546. The van der Waals surface area contributed by atoms with Gasteiger partial charge in [0, 0.05) is 0 Å². The third-order valence-electron chi connectivity index (χ3n) is 0.425. The number of nitrogens with two attached hydrogens (primary N) is 1. The topological polar surface area (TPSA) is 76.5 Å². The van der Waals surface area contributed by atoms with Gasteiger partial charge in [0.25, 0.3) is 0 Å². The summed E-state index contributed by atoms with van der Waals surface area (Å²) in [7, 11) is 0. The lowest BCUT2D eigenvalue weighted by Gasteiger charge is -1.61. The summed E-state index contributed by atoms with van der Waals surface area (Å²) in [5, 5.41) is 7.19. The fraction of sp³-hybridized carbons (Fsp3) is 0. The first-order valence-electron chi connectivity index (χ1n) is 2.19. The standard InChI is InChI=1S/C4H4O.CH3NO2/c1-2-4-5-3-1;2-1(3)4/h1-4H;2H2,(H,3,4). The maximum absolute atomic E-state index is 8.78. The Bertz CT molecular complexity index is 126. The Morgan fingerprint density at radius 2 is 1.78 bits per heavy atom. The molecule has 0 aliphatic rings. The molecule has 1 rings (SSSR count). The Kier molecular flexibility index (Phi) is 3.95. The first-order valence-corrected chi connectivity index (χ1v) is 2.19. The van der Waals surface area contributed by atoms with Gasteiger partial charge in [-0.1, -0.05) is 0 Å². The van der Waals surface area contributed by atoms with Crippen molar-refractivity contribution in [2.45, 2.75) is 0 Å². The zero-order valence-electron chi connectivity index (χ0n) is 4.65. The van der Waals surface area contributed by atoms with Crippen LogP contribution in [0.2, 0.25) is 0 Å². The zero-order chi connectivity index (χ0) is 7.11. The third kappa shape index (κ3) is 10.8. The first-order chi connectivity index (χ1) is 4.23. The monoisotopic (exact) mass is 129 g/mol. The molecule has 1 amide bonds. The molecular weight excluding hydrogens is 122 g/mol. The molecule has 1 heterocycles. The van der Waals surface area contributed by atoms with E-state index in [1.165, 1.54) is 0 Å². The molecule has 50 valence electrons. The number of furan rings is 1. The molecule has 4 nitrogen and oxygen atoms in total. The normalized spacial score (nSPS) is 7.11. The molecule has 0 aliphatic heterocycles. The summed E-state index contributed by atoms with van der Waals surface area (Å²) in [6.45, 7) is 0. The van der Waals surface area contributed by atoms with Gasteiger partial charge in [0.1, 0.15) is 0 Å². The third-order valence-corrected chi connectivity index (χ3v) is 0.425. The Labute approximate surface area is 51.9 Å². The lowest BCUT2D eigenvalue weighted by Crippen LogP contribution is -2.03. The molecule has 0 bridgehead atoms. The lowest BCUT2D eigenvalue weighted by molar-refractivity contribution is 0.205. The average Bonchev–Trinajstić information content (AvgIpc) is 2.11. The van der Waals surface area contributed by atoms with E-state index in [0.717, 1.165) is 0 Å². The van der Waals surface area contributed by atoms with E-state index in [2.05, 4.69) is 10.2 Å². The average molecular weight is 129 g/mol. The van der Waals surface area contributed by atoms with Gasteiger partial charge in [-0.2, -0.15) is 0 Å². The van der Waals surface area contributed by atoms with E-state index in [1.807, 2.05) is 12.1 Å². The van der Waals surface area contributed by atoms with Crippen molar-refractivity contribution in [3.63, 3.8) is 0 Å². The second-order valence-corrected chi connectivity index (χ2v) is 1.13. The van der Waals surface area contributed by atoms with E-state index in [9.17, 15) is 0 Å². The predicted molar refractivity (Wildman–Crippen MR) is 30.9 cm³/mol. The molecule has 9 heavy (non-hydrogen) atoms. The van der Waals surface area contributed by atoms with Crippen molar-refractivity contribution < 1.29 is 14.3 Å². The van der Waals surface area contributed by atoms with Gasteiger partial charge >= 0.3 is 6.09 Å². The number of carbonyl (C=O) groups is 1. The minimum atomic E-state index is -1.33. The van der Waals surface area contributed by atoms with Crippen molar-refractivity contribution in [1.29, 1.82) is 0 Å². The maximum atomic E-state index is 8.78. The van der Waals surface area contributed by atoms with Gasteiger partial charge in [0.2, 0.25) is 0 Å². The van der Waals surface area contributed by atoms with Gasteiger partial charge < -0.3 is 15.3 Å². The second-order valence-electron chi connectivity index (χ2n) is 1.13. The van der Waals surface area contributed by atoms with Crippen LogP contribution in [0, 0.1) is 0 Å². The SMILES string of the molecule is NC(=O)O.c1ccoc1. The van der Waals surface area contributed by atoms with Crippen LogP contribution >= 0.6 is 0 Å². The van der Waals surface area contributed by atoms with Crippen molar-refractivity contribution in [3.8, 4) is 0 Å². The van der Waals surface area contributed by atoms with E-state index in [0.29, 0.717) is 0 Å². The Balaban J connectivity index is 0.000000148. The predicted octanol–water partition coefficient (Wildman–Crippen LogP) is 0.903. The number of amides is 1. The van der Waals surface area contributed by atoms with Crippen molar-refractivity contribution in [2.75, 3.05) is 0 Å². The zero-order valence-corrected chi connectivity index (χ0v) is 4.65. The van der Waals surface area contributed by atoms with Crippen molar-refractivity contribution >= 4 is 6.09 Å². The molecule has 0 spiro atoms. The minimum Gasteiger partial charge on any atom is -0.473 e. The molecule has 0 atom stereocenters. The molecule has 3 N–H and O–H groups in total. The number of primary amides is 1. The maximum Gasteiger partial charge on any atom is 0.402 e. The van der Waals surface area contributed by atoms with Gasteiger partial charge in [-0.25, -0.2) is 4.79 Å². The summed E-state index contributed by atoms with van der Waals surface area (Å²) < 4.78 is 4.58. The van der Waals surface area contributed by atoms with Crippen LogP contribution in [0.25, 0.3) is 0 Å². The van der Waals surface area contributed by atoms with Crippen LogP contribution < -0.4 is 5.73 Å². The van der Waals surface area contributed by atoms with Gasteiger partial charge in [0.05, 0.1) is 12.5 Å². The summed E-state index contributed by atoms with van der Waals surface area (Å²) in [5.41, 5.74) is 4.03. The van der Waals surface area contributed by atoms with Crippen LogP contribution in [0.15, 0.2) is 29.1 Å². The molecule has 1 aromatic heterocycles. The van der Waals surface area contributed by atoms with Crippen molar-refractivity contribution in [1.82, 2.24) is 0 Å². The Hall–Kier alpha value is -1.45. The first kappa shape index (κ1) is 7.55. The van der Waals surface area contributed by atoms with E-state index >= 15 is 0 Å². The minimum absolute atomic E-state index is 1.33. The van der Waals surface area contributed by atoms with Crippen LogP contribution in [-0.4, -0.2) is 11.2 Å². The molecule has 0 saturated heterocycles. The molecule has 1 aromatic rings. The number of rotatable bonds is 0. The Morgan fingerprint density at radius 1 is 1.44 bits per heavy atom.